The molecule has 0 spiro atoms. The van der Waals surface area contributed by atoms with E-state index in [9.17, 15) is 0 Å². The van der Waals surface area contributed by atoms with Crippen LogP contribution in [0.4, 0.5) is 5.95 Å². The van der Waals surface area contributed by atoms with Gasteiger partial charge in [-0.2, -0.15) is 9.97 Å². The van der Waals surface area contributed by atoms with Gasteiger partial charge in [-0.05, 0) is 51.0 Å². The minimum Gasteiger partial charge on any atom is -0.464 e. The molecule has 2 rings (SSSR count). The van der Waals surface area contributed by atoms with Crippen LogP contribution in [0.3, 0.4) is 0 Å². The van der Waals surface area contributed by atoms with Crippen LogP contribution in [0.15, 0.2) is 18.2 Å². The number of hydrogen-bond acceptors (Lipinski definition) is 6. The van der Waals surface area contributed by atoms with E-state index in [1.165, 1.54) is 0 Å². The van der Waals surface area contributed by atoms with Gasteiger partial charge in [0.05, 0.1) is 6.61 Å². The van der Waals surface area contributed by atoms with Crippen molar-refractivity contribution in [2.45, 2.75) is 27.7 Å². The lowest BCUT2D eigenvalue weighted by atomic mass is 10.1. The van der Waals surface area contributed by atoms with Crippen LogP contribution in [0.5, 0.6) is 17.8 Å². The molecule has 0 amide bonds. The summed E-state index contributed by atoms with van der Waals surface area (Å²) < 4.78 is 11.1. The second-order valence-corrected chi connectivity index (χ2v) is 4.61. The Hall–Kier alpha value is -2.37. The van der Waals surface area contributed by atoms with Crippen LogP contribution in [0, 0.1) is 13.8 Å². The molecule has 0 saturated carbocycles. The Morgan fingerprint density at radius 1 is 0.952 bits per heavy atom. The van der Waals surface area contributed by atoms with Crippen LogP contribution in [-0.2, 0) is 0 Å². The summed E-state index contributed by atoms with van der Waals surface area (Å²) in [5.41, 5.74) is 2.24. The van der Waals surface area contributed by atoms with Crippen LogP contribution in [0.25, 0.3) is 0 Å². The Kier molecular flexibility index (Phi) is 4.92. The molecule has 0 aliphatic heterocycles. The van der Waals surface area contributed by atoms with Crippen molar-refractivity contribution < 1.29 is 9.47 Å². The number of rotatable bonds is 6. The highest BCUT2D eigenvalue weighted by Gasteiger charge is 2.09. The number of nitrogens with zero attached hydrogens (tertiary/aromatic N) is 3. The highest BCUT2D eigenvalue weighted by molar-refractivity contribution is 5.35. The number of aryl methyl sites for hydroxylation is 2. The fourth-order valence-electron chi connectivity index (χ4n) is 1.91. The summed E-state index contributed by atoms with van der Waals surface area (Å²) in [6.45, 7) is 9.07. The molecule has 0 saturated heterocycles. The van der Waals surface area contributed by atoms with E-state index in [0.717, 1.165) is 11.1 Å². The van der Waals surface area contributed by atoms with Crippen molar-refractivity contribution in [3.8, 4) is 17.8 Å². The number of hydrogen-bond donors (Lipinski definition) is 1. The van der Waals surface area contributed by atoms with Crippen molar-refractivity contribution in [1.82, 2.24) is 15.0 Å². The molecule has 1 aromatic heterocycles. The molecular weight excluding hydrogens is 268 g/mol. The first-order valence-corrected chi connectivity index (χ1v) is 6.99. The number of benzene rings is 1. The predicted octanol–water partition coefficient (Wildman–Crippen LogP) is 3.11. The standard InChI is InChI=1S/C15H20N4O2/c1-5-16-13-17-14(20-6-2)19-15(18-13)21-12-8-10(3)7-11(4)9-12/h7-9H,5-6H2,1-4H3,(H,16,17,18,19). The van der Waals surface area contributed by atoms with Gasteiger partial charge in [-0.1, -0.05) is 6.07 Å². The maximum Gasteiger partial charge on any atom is 0.330 e. The fourth-order valence-corrected chi connectivity index (χ4v) is 1.91. The summed E-state index contributed by atoms with van der Waals surface area (Å²) in [6.07, 6.45) is 0. The minimum atomic E-state index is 0.217. The van der Waals surface area contributed by atoms with Crippen molar-refractivity contribution in [3.63, 3.8) is 0 Å². The van der Waals surface area contributed by atoms with Gasteiger partial charge in [0.2, 0.25) is 5.95 Å². The van der Waals surface area contributed by atoms with Gasteiger partial charge in [0, 0.05) is 6.54 Å². The SMILES string of the molecule is CCNc1nc(OCC)nc(Oc2cc(C)cc(C)c2)n1. The fraction of sp³-hybridized carbons (Fsp3) is 0.400. The van der Waals surface area contributed by atoms with Crippen LogP contribution in [-0.4, -0.2) is 28.1 Å². The maximum absolute atomic E-state index is 5.73. The van der Waals surface area contributed by atoms with E-state index in [-0.39, 0.29) is 12.0 Å². The van der Waals surface area contributed by atoms with E-state index in [1.807, 2.05) is 39.8 Å². The van der Waals surface area contributed by atoms with E-state index < -0.39 is 0 Å². The Bertz CT molecular complexity index is 572. The third-order valence-corrected chi connectivity index (χ3v) is 2.61. The van der Waals surface area contributed by atoms with Crippen LogP contribution in [0.2, 0.25) is 0 Å². The van der Waals surface area contributed by atoms with Gasteiger partial charge in [0.25, 0.3) is 0 Å². The molecular formula is C15H20N4O2. The third-order valence-electron chi connectivity index (χ3n) is 2.61. The summed E-state index contributed by atoms with van der Waals surface area (Å²) in [5.74, 6) is 1.14. The summed E-state index contributed by atoms with van der Waals surface area (Å²) in [4.78, 5) is 12.5. The zero-order valence-corrected chi connectivity index (χ0v) is 12.8. The van der Waals surface area contributed by atoms with E-state index in [2.05, 4.69) is 26.3 Å². The molecule has 1 heterocycles. The van der Waals surface area contributed by atoms with Crippen LogP contribution >= 0.6 is 0 Å². The quantitative estimate of drug-likeness (QED) is 0.880. The third kappa shape index (κ3) is 4.30. The van der Waals surface area contributed by atoms with Gasteiger partial charge in [0.1, 0.15) is 5.75 Å². The molecule has 0 atom stereocenters. The lowest BCUT2D eigenvalue weighted by molar-refractivity contribution is 0.304. The molecule has 0 radical (unpaired) electrons. The molecule has 0 unspecified atom stereocenters. The van der Waals surface area contributed by atoms with E-state index >= 15 is 0 Å². The number of ether oxygens (including phenoxy) is 2. The lowest BCUT2D eigenvalue weighted by Crippen LogP contribution is -2.07. The molecule has 112 valence electrons. The molecule has 21 heavy (non-hydrogen) atoms. The van der Waals surface area contributed by atoms with Crippen molar-refractivity contribution in [3.05, 3.63) is 29.3 Å². The molecule has 6 nitrogen and oxygen atoms in total. The average molecular weight is 288 g/mol. The van der Waals surface area contributed by atoms with Crippen LogP contribution in [0.1, 0.15) is 25.0 Å². The van der Waals surface area contributed by atoms with E-state index in [4.69, 9.17) is 9.47 Å². The normalized spacial score (nSPS) is 10.3. The molecule has 6 heteroatoms. The molecule has 0 aliphatic carbocycles. The smallest absolute Gasteiger partial charge is 0.330 e. The molecule has 2 aromatic rings. The molecule has 0 bridgehead atoms. The minimum absolute atomic E-state index is 0.217. The second-order valence-electron chi connectivity index (χ2n) is 4.61. The summed E-state index contributed by atoms with van der Waals surface area (Å²) in [6, 6.07) is 6.42. The first-order chi connectivity index (χ1) is 10.1. The van der Waals surface area contributed by atoms with Gasteiger partial charge < -0.3 is 14.8 Å². The largest absolute Gasteiger partial charge is 0.464 e. The van der Waals surface area contributed by atoms with Crippen molar-refractivity contribution in [2.75, 3.05) is 18.5 Å². The highest BCUT2D eigenvalue weighted by Crippen LogP contribution is 2.23. The second kappa shape index (κ2) is 6.88. The van der Waals surface area contributed by atoms with Gasteiger partial charge in [-0.15, -0.1) is 4.98 Å². The molecule has 0 aliphatic rings. The van der Waals surface area contributed by atoms with E-state index in [1.54, 1.807) is 0 Å². The summed E-state index contributed by atoms with van der Waals surface area (Å²) in [5, 5.41) is 3.03. The van der Waals surface area contributed by atoms with Gasteiger partial charge >= 0.3 is 12.0 Å². The number of nitrogens with one attached hydrogen (secondary N) is 1. The average Bonchev–Trinajstić information content (AvgIpc) is 2.37. The lowest BCUT2D eigenvalue weighted by Gasteiger charge is -2.09. The van der Waals surface area contributed by atoms with Crippen LogP contribution < -0.4 is 14.8 Å². The zero-order valence-electron chi connectivity index (χ0n) is 12.8. The van der Waals surface area contributed by atoms with Gasteiger partial charge in [0.15, 0.2) is 0 Å². The highest BCUT2D eigenvalue weighted by atomic mass is 16.5. The van der Waals surface area contributed by atoms with Crippen molar-refractivity contribution in [1.29, 1.82) is 0 Å². The van der Waals surface area contributed by atoms with Crippen molar-refractivity contribution >= 4 is 5.95 Å². The Morgan fingerprint density at radius 3 is 2.24 bits per heavy atom. The maximum atomic E-state index is 5.73. The monoisotopic (exact) mass is 288 g/mol. The summed E-state index contributed by atoms with van der Waals surface area (Å²) >= 11 is 0. The first kappa shape index (κ1) is 15.0. The first-order valence-electron chi connectivity index (χ1n) is 6.99. The Morgan fingerprint density at radius 2 is 1.62 bits per heavy atom. The topological polar surface area (TPSA) is 69.2 Å². The number of anilines is 1. The predicted molar refractivity (Wildman–Crippen MR) is 81.1 cm³/mol. The van der Waals surface area contributed by atoms with Crippen molar-refractivity contribution in [2.24, 2.45) is 0 Å². The molecule has 1 N–H and O–H groups in total. The zero-order chi connectivity index (χ0) is 15.2. The number of aromatic nitrogens is 3. The Balaban J connectivity index is 2.28. The van der Waals surface area contributed by atoms with Gasteiger partial charge in [-0.3, -0.25) is 0 Å². The summed E-state index contributed by atoms with van der Waals surface area (Å²) in [7, 11) is 0. The van der Waals surface area contributed by atoms with E-state index in [0.29, 0.717) is 24.8 Å². The molecule has 0 fully saturated rings. The Labute approximate surface area is 124 Å². The van der Waals surface area contributed by atoms with Gasteiger partial charge in [-0.25, -0.2) is 0 Å². The molecule has 1 aromatic carbocycles.